The van der Waals surface area contributed by atoms with Gasteiger partial charge in [-0.1, -0.05) is 30.0 Å². The summed E-state index contributed by atoms with van der Waals surface area (Å²) in [6.45, 7) is 5.64. The van der Waals surface area contributed by atoms with Crippen LogP contribution in [0.5, 0.6) is 0 Å². The van der Waals surface area contributed by atoms with E-state index >= 15 is 0 Å². The molecule has 158 valence electrons. The Morgan fingerprint density at radius 2 is 2.19 bits per heavy atom. The number of rotatable bonds is 7. The molecule has 3 heterocycles. The van der Waals surface area contributed by atoms with Crippen LogP contribution in [0.4, 0.5) is 10.1 Å². The molecule has 31 heavy (non-hydrogen) atoms. The van der Waals surface area contributed by atoms with Gasteiger partial charge in [0.2, 0.25) is 5.91 Å². The van der Waals surface area contributed by atoms with Gasteiger partial charge >= 0.3 is 0 Å². The number of anilines is 1. The van der Waals surface area contributed by atoms with Crippen LogP contribution in [0.25, 0.3) is 21.5 Å². The highest BCUT2D eigenvalue weighted by atomic mass is 32.2. The van der Waals surface area contributed by atoms with E-state index in [-0.39, 0.29) is 17.8 Å². The van der Waals surface area contributed by atoms with Crippen LogP contribution >= 0.6 is 23.1 Å². The summed E-state index contributed by atoms with van der Waals surface area (Å²) >= 11 is 2.47. The average Bonchev–Trinajstić information content (AvgIpc) is 3.42. The summed E-state index contributed by atoms with van der Waals surface area (Å²) in [5.74, 6) is -0.314. The number of allylic oxidation sites excluding steroid dienone is 1. The molecule has 6 nitrogen and oxygen atoms in total. The van der Waals surface area contributed by atoms with Crippen LogP contribution in [-0.4, -0.2) is 20.7 Å². The van der Waals surface area contributed by atoms with Gasteiger partial charge in [-0.3, -0.25) is 14.2 Å². The Morgan fingerprint density at radius 1 is 1.39 bits per heavy atom. The predicted molar refractivity (Wildman–Crippen MR) is 122 cm³/mol. The van der Waals surface area contributed by atoms with Crippen LogP contribution in [0.15, 0.2) is 75.1 Å². The molecule has 4 rings (SSSR count). The molecular formula is C22H18FN3O3S2. The number of thioether (sulfide) groups is 1. The molecule has 0 fully saturated rings. The molecule has 0 aliphatic carbocycles. The van der Waals surface area contributed by atoms with Crippen LogP contribution in [-0.2, 0) is 11.3 Å². The first-order valence-electron chi connectivity index (χ1n) is 9.38. The summed E-state index contributed by atoms with van der Waals surface area (Å²) in [5, 5.41) is 4.65. The lowest BCUT2D eigenvalue weighted by atomic mass is 10.2. The van der Waals surface area contributed by atoms with Gasteiger partial charge < -0.3 is 9.73 Å². The summed E-state index contributed by atoms with van der Waals surface area (Å²) in [6, 6.07) is 9.50. The van der Waals surface area contributed by atoms with Crippen LogP contribution in [0, 0.1) is 5.82 Å². The van der Waals surface area contributed by atoms with E-state index in [1.807, 2.05) is 5.38 Å². The number of furan rings is 1. The van der Waals surface area contributed by atoms with Crippen LogP contribution in [0.1, 0.15) is 6.92 Å². The highest BCUT2D eigenvalue weighted by molar-refractivity contribution is 8.00. The summed E-state index contributed by atoms with van der Waals surface area (Å²) in [6.07, 6.45) is 3.15. The van der Waals surface area contributed by atoms with Crippen molar-refractivity contribution in [1.82, 2.24) is 9.55 Å². The molecule has 0 unspecified atom stereocenters. The van der Waals surface area contributed by atoms with Gasteiger partial charge in [0.05, 0.1) is 22.6 Å². The average molecular weight is 456 g/mol. The number of hydrogen-bond acceptors (Lipinski definition) is 6. The smallest absolute Gasteiger partial charge is 0.263 e. The molecule has 0 aliphatic heterocycles. The van der Waals surface area contributed by atoms with Crippen molar-refractivity contribution in [3.63, 3.8) is 0 Å². The second kappa shape index (κ2) is 8.91. The Bertz CT molecular complexity index is 1310. The third-order valence-electron chi connectivity index (χ3n) is 4.54. The van der Waals surface area contributed by atoms with E-state index in [1.54, 1.807) is 43.5 Å². The van der Waals surface area contributed by atoms with E-state index in [4.69, 9.17) is 4.42 Å². The zero-order valence-electron chi connectivity index (χ0n) is 16.5. The first kappa shape index (κ1) is 21.1. The van der Waals surface area contributed by atoms with Crippen molar-refractivity contribution in [3.05, 3.63) is 76.9 Å². The fourth-order valence-electron chi connectivity index (χ4n) is 3.01. The fraction of sp³-hybridized carbons (Fsp3) is 0.136. The second-order valence-corrected chi connectivity index (χ2v) is 8.80. The summed E-state index contributed by atoms with van der Waals surface area (Å²) in [4.78, 5) is 31.1. The van der Waals surface area contributed by atoms with Gasteiger partial charge in [0.15, 0.2) is 5.16 Å². The number of amides is 1. The van der Waals surface area contributed by atoms with E-state index in [9.17, 15) is 14.0 Å². The Hall–Kier alpha value is -3.17. The van der Waals surface area contributed by atoms with Crippen molar-refractivity contribution >= 4 is 44.9 Å². The van der Waals surface area contributed by atoms with Crippen molar-refractivity contribution < 1.29 is 13.6 Å². The quantitative estimate of drug-likeness (QED) is 0.237. The Kier molecular flexibility index (Phi) is 6.06. The van der Waals surface area contributed by atoms with Gasteiger partial charge in [-0.25, -0.2) is 9.37 Å². The number of fused-ring (bicyclic) bond motifs is 1. The maximum absolute atomic E-state index is 13.9. The lowest BCUT2D eigenvalue weighted by molar-refractivity contribution is -0.115. The molecule has 4 aromatic rings. The Labute approximate surface area is 185 Å². The number of benzene rings is 1. The number of nitrogens with one attached hydrogen (secondary N) is 1. The predicted octanol–water partition coefficient (Wildman–Crippen LogP) is 5.16. The Morgan fingerprint density at radius 3 is 2.90 bits per heavy atom. The van der Waals surface area contributed by atoms with Gasteiger partial charge in [-0.05, 0) is 31.2 Å². The van der Waals surface area contributed by atoms with E-state index in [0.717, 1.165) is 11.8 Å². The van der Waals surface area contributed by atoms with Gasteiger partial charge in [0.25, 0.3) is 5.56 Å². The highest BCUT2D eigenvalue weighted by Crippen LogP contribution is 2.33. The molecule has 9 heteroatoms. The van der Waals surface area contributed by atoms with E-state index in [1.165, 1.54) is 28.0 Å². The number of carbonyl (C=O) groups is 1. The van der Waals surface area contributed by atoms with Crippen LogP contribution < -0.4 is 10.9 Å². The molecule has 0 spiro atoms. The van der Waals surface area contributed by atoms with Crippen molar-refractivity contribution in [2.75, 3.05) is 5.32 Å². The lowest BCUT2D eigenvalue weighted by Crippen LogP contribution is -2.27. The summed E-state index contributed by atoms with van der Waals surface area (Å²) < 4.78 is 20.8. The zero-order chi connectivity index (χ0) is 22.0. The molecule has 0 aliphatic rings. The zero-order valence-corrected chi connectivity index (χ0v) is 18.1. The maximum Gasteiger partial charge on any atom is 0.263 e. The first-order valence-corrected chi connectivity index (χ1v) is 11.1. The number of nitrogens with zero attached hydrogens (tertiary/aromatic N) is 2. The van der Waals surface area contributed by atoms with Gasteiger partial charge in [-0.2, -0.15) is 0 Å². The van der Waals surface area contributed by atoms with Gasteiger partial charge in [0, 0.05) is 17.5 Å². The van der Waals surface area contributed by atoms with Gasteiger partial charge in [-0.15, -0.1) is 17.9 Å². The number of hydrogen-bond donors (Lipinski definition) is 1. The third-order valence-corrected chi connectivity index (χ3v) is 6.50. The van der Waals surface area contributed by atoms with E-state index in [0.29, 0.717) is 26.7 Å². The molecular weight excluding hydrogens is 437 g/mol. The summed E-state index contributed by atoms with van der Waals surface area (Å²) in [5.41, 5.74) is 0.553. The normalized spacial score (nSPS) is 12.1. The minimum Gasteiger partial charge on any atom is -0.464 e. The number of carbonyl (C=O) groups excluding carboxylic acids is 1. The van der Waals surface area contributed by atoms with Gasteiger partial charge in [0.1, 0.15) is 16.4 Å². The molecule has 0 saturated heterocycles. The topological polar surface area (TPSA) is 77.1 Å². The van der Waals surface area contributed by atoms with Crippen molar-refractivity contribution in [1.29, 1.82) is 0 Å². The van der Waals surface area contributed by atoms with Crippen LogP contribution in [0.3, 0.4) is 0 Å². The highest BCUT2D eigenvalue weighted by Gasteiger charge is 2.22. The molecule has 1 amide bonds. The minimum absolute atomic E-state index is 0.105. The number of para-hydroxylation sites is 1. The fourth-order valence-corrected chi connectivity index (χ4v) is 4.89. The maximum atomic E-state index is 13.9. The summed E-state index contributed by atoms with van der Waals surface area (Å²) in [7, 11) is 0. The molecule has 0 saturated carbocycles. The number of halogens is 1. The molecule has 0 bridgehead atoms. The molecule has 1 N–H and O–H groups in total. The number of aromatic nitrogens is 2. The van der Waals surface area contributed by atoms with E-state index < -0.39 is 17.0 Å². The van der Waals surface area contributed by atoms with E-state index in [2.05, 4.69) is 16.9 Å². The van der Waals surface area contributed by atoms with Crippen molar-refractivity contribution in [2.24, 2.45) is 0 Å². The van der Waals surface area contributed by atoms with Crippen molar-refractivity contribution in [3.8, 4) is 11.3 Å². The largest absolute Gasteiger partial charge is 0.464 e. The minimum atomic E-state index is -0.621. The third kappa shape index (κ3) is 4.19. The Balaban J connectivity index is 1.67. The van der Waals surface area contributed by atoms with Crippen molar-refractivity contribution in [2.45, 2.75) is 23.9 Å². The molecule has 0 radical (unpaired) electrons. The lowest BCUT2D eigenvalue weighted by Gasteiger charge is -2.15. The standard InChI is InChI=1S/C22H18FN3O3S2/c1-3-10-26-21(28)18-14(17-9-6-11-29-17)12-30-20(18)25-22(26)31-13(2)19(27)24-16-8-5-4-7-15(16)23/h3-9,11-13H,1,10H2,2H3,(H,24,27)/t13-/m1/s1. The monoisotopic (exact) mass is 455 g/mol. The van der Waals surface area contributed by atoms with Crippen LogP contribution in [0.2, 0.25) is 0 Å². The molecule has 1 atom stereocenters. The SMILES string of the molecule is C=CCn1c(S[C@H](C)C(=O)Nc2ccccc2F)nc2scc(-c3ccco3)c2c1=O. The first-order chi connectivity index (χ1) is 15.0. The molecule has 1 aromatic carbocycles. The second-order valence-electron chi connectivity index (χ2n) is 6.63. The molecule has 3 aromatic heterocycles. The number of thiophene rings is 1.